The lowest BCUT2D eigenvalue weighted by Gasteiger charge is -2.19. The third-order valence-electron chi connectivity index (χ3n) is 4.16. The van der Waals surface area contributed by atoms with Crippen LogP contribution in [0.3, 0.4) is 0 Å². The molecule has 1 aromatic carbocycles. The lowest BCUT2D eigenvalue weighted by atomic mass is 10.1. The summed E-state index contributed by atoms with van der Waals surface area (Å²) in [5, 5.41) is 8.38. The summed E-state index contributed by atoms with van der Waals surface area (Å²) in [6, 6.07) is 5.12. The SMILES string of the molecule is Cc1cc(Br)ccc1NC(=O)CN(C)CC(=O)N[C@@H]1CCCCNC1=O. The number of likely N-dealkylation sites (N-methyl/N-ethyl adjacent to an activating group) is 1. The van der Waals surface area contributed by atoms with Gasteiger partial charge in [-0.3, -0.25) is 19.3 Å². The summed E-state index contributed by atoms with van der Waals surface area (Å²) in [5.41, 5.74) is 1.69. The maximum Gasteiger partial charge on any atom is 0.242 e. The van der Waals surface area contributed by atoms with E-state index >= 15 is 0 Å². The normalized spacial score (nSPS) is 17.4. The van der Waals surface area contributed by atoms with E-state index in [4.69, 9.17) is 0 Å². The van der Waals surface area contributed by atoms with Gasteiger partial charge in [0.25, 0.3) is 0 Å². The summed E-state index contributed by atoms with van der Waals surface area (Å²) in [7, 11) is 1.70. The van der Waals surface area contributed by atoms with Crippen molar-refractivity contribution in [2.75, 3.05) is 32.0 Å². The average molecular weight is 425 g/mol. The van der Waals surface area contributed by atoms with Crippen molar-refractivity contribution in [3.63, 3.8) is 0 Å². The molecule has 0 unspecified atom stereocenters. The molecule has 8 heteroatoms. The quantitative estimate of drug-likeness (QED) is 0.643. The van der Waals surface area contributed by atoms with E-state index in [2.05, 4.69) is 31.9 Å². The van der Waals surface area contributed by atoms with E-state index in [1.807, 2.05) is 25.1 Å². The molecule has 3 N–H and O–H groups in total. The number of benzene rings is 1. The zero-order valence-electron chi connectivity index (χ0n) is 15.1. The molecule has 1 atom stereocenters. The lowest BCUT2D eigenvalue weighted by Crippen LogP contribution is -2.48. The summed E-state index contributed by atoms with van der Waals surface area (Å²) < 4.78 is 0.948. The van der Waals surface area contributed by atoms with Gasteiger partial charge in [-0.1, -0.05) is 15.9 Å². The fourth-order valence-corrected chi connectivity index (χ4v) is 3.30. The van der Waals surface area contributed by atoms with Crippen LogP contribution < -0.4 is 16.0 Å². The minimum Gasteiger partial charge on any atom is -0.354 e. The van der Waals surface area contributed by atoms with Gasteiger partial charge in [-0.15, -0.1) is 0 Å². The third kappa shape index (κ3) is 6.42. The molecule has 0 spiro atoms. The van der Waals surface area contributed by atoms with Crippen molar-refractivity contribution >= 4 is 39.3 Å². The number of hydrogen-bond acceptors (Lipinski definition) is 4. The molecule has 1 heterocycles. The van der Waals surface area contributed by atoms with Crippen LogP contribution in [0, 0.1) is 6.92 Å². The van der Waals surface area contributed by atoms with Gasteiger partial charge in [-0.2, -0.15) is 0 Å². The summed E-state index contributed by atoms with van der Waals surface area (Å²) >= 11 is 3.39. The first kappa shape index (κ1) is 20.4. The van der Waals surface area contributed by atoms with Gasteiger partial charge in [0.1, 0.15) is 6.04 Å². The summed E-state index contributed by atoms with van der Waals surface area (Å²) in [6.45, 7) is 2.70. The summed E-state index contributed by atoms with van der Waals surface area (Å²) in [6.07, 6.45) is 2.47. The Bertz CT molecular complexity index is 680. The van der Waals surface area contributed by atoms with E-state index in [1.165, 1.54) is 0 Å². The van der Waals surface area contributed by atoms with Crippen molar-refractivity contribution in [3.8, 4) is 0 Å². The highest BCUT2D eigenvalue weighted by molar-refractivity contribution is 9.10. The largest absolute Gasteiger partial charge is 0.354 e. The van der Waals surface area contributed by atoms with Gasteiger partial charge < -0.3 is 16.0 Å². The highest BCUT2D eigenvalue weighted by Crippen LogP contribution is 2.19. The van der Waals surface area contributed by atoms with E-state index in [0.29, 0.717) is 13.0 Å². The van der Waals surface area contributed by atoms with Crippen molar-refractivity contribution in [1.29, 1.82) is 0 Å². The van der Waals surface area contributed by atoms with Crippen LogP contribution in [0.5, 0.6) is 0 Å². The molecule has 0 radical (unpaired) electrons. The van der Waals surface area contributed by atoms with Gasteiger partial charge in [0.05, 0.1) is 13.1 Å². The first-order valence-electron chi connectivity index (χ1n) is 8.67. The van der Waals surface area contributed by atoms with Gasteiger partial charge in [0.2, 0.25) is 17.7 Å². The van der Waals surface area contributed by atoms with E-state index in [1.54, 1.807) is 11.9 Å². The molecule has 142 valence electrons. The number of nitrogens with one attached hydrogen (secondary N) is 3. The predicted molar refractivity (Wildman–Crippen MR) is 104 cm³/mol. The van der Waals surface area contributed by atoms with Crippen LogP contribution in [0.1, 0.15) is 24.8 Å². The standard InChI is InChI=1S/C18H25BrN4O3/c1-12-9-13(19)6-7-14(12)21-16(24)10-23(2)11-17(25)22-15-5-3-4-8-20-18(15)26/h6-7,9,15H,3-5,8,10-11H2,1-2H3,(H,20,26)(H,21,24)(H,22,25)/t15-/m1/s1. The number of rotatable bonds is 6. The van der Waals surface area contributed by atoms with E-state index in [0.717, 1.165) is 28.6 Å². The molecular weight excluding hydrogens is 400 g/mol. The zero-order chi connectivity index (χ0) is 19.1. The molecule has 2 rings (SSSR count). The molecule has 0 saturated carbocycles. The Morgan fingerprint density at radius 1 is 1.27 bits per heavy atom. The number of aryl methyl sites for hydroxylation is 1. The number of carbonyl (C=O) groups excluding carboxylic acids is 3. The predicted octanol–water partition coefficient (Wildman–Crippen LogP) is 1.41. The summed E-state index contributed by atoms with van der Waals surface area (Å²) in [4.78, 5) is 37.8. The molecule has 1 fully saturated rings. The van der Waals surface area contributed by atoms with Crippen LogP contribution in [-0.2, 0) is 14.4 Å². The Morgan fingerprint density at radius 2 is 2.00 bits per heavy atom. The maximum absolute atomic E-state index is 12.2. The second kappa shape index (κ2) is 9.68. The zero-order valence-corrected chi connectivity index (χ0v) is 16.7. The molecule has 0 aromatic heterocycles. The first-order valence-corrected chi connectivity index (χ1v) is 9.46. The highest BCUT2D eigenvalue weighted by Gasteiger charge is 2.23. The third-order valence-corrected chi connectivity index (χ3v) is 4.65. The number of nitrogens with zero attached hydrogens (tertiary/aromatic N) is 1. The van der Waals surface area contributed by atoms with Crippen LogP contribution in [0.15, 0.2) is 22.7 Å². The smallest absolute Gasteiger partial charge is 0.242 e. The minimum atomic E-state index is -0.488. The van der Waals surface area contributed by atoms with E-state index in [-0.39, 0.29) is 30.8 Å². The number of hydrogen-bond donors (Lipinski definition) is 3. The van der Waals surface area contributed by atoms with Crippen molar-refractivity contribution in [2.24, 2.45) is 0 Å². The second-order valence-corrected chi connectivity index (χ2v) is 7.50. The topological polar surface area (TPSA) is 90.5 Å². The molecular formula is C18H25BrN4O3. The fourth-order valence-electron chi connectivity index (χ4n) is 2.82. The van der Waals surface area contributed by atoms with E-state index in [9.17, 15) is 14.4 Å². The molecule has 1 saturated heterocycles. The molecule has 0 bridgehead atoms. The maximum atomic E-state index is 12.2. The van der Waals surface area contributed by atoms with Crippen LogP contribution in [0.4, 0.5) is 5.69 Å². The van der Waals surface area contributed by atoms with Crippen molar-refractivity contribution < 1.29 is 14.4 Å². The monoisotopic (exact) mass is 424 g/mol. The van der Waals surface area contributed by atoms with Crippen LogP contribution in [-0.4, -0.2) is 55.3 Å². The molecule has 1 aromatic rings. The van der Waals surface area contributed by atoms with Gasteiger partial charge in [-0.25, -0.2) is 0 Å². The average Bonchev–Trinajstić information content (AvgIpc) is 2.74. The van der Waals surface area contributed by atoms with Gasteiger partial charge in [0.15, 0.2) is 0 Å². The molecule has 1 aliphatic heterocycles. The Labute approximate surface area is 162 Å². The van der Waals surface area contributed by atoms with Crippen LogP contribution >= 0.6 is 15.9 Å². The van der Waals surface area contributed by atoms with E-state index < -0.39 is 6.04 Å². The van der Waals surface area contributed by atoms with Crippen molar-refractivity contribution in [2.45, 2.75) is 32.2 Å². The number of carbonyl (C=O) groups is 3. The molecule has 26 heavy (non-hydrogen) atoms. The Hall–Kier alpha value is -1.93. The first-order chi connectivity index (χ1) is 12.3. The van der Waals surface area contributed by atoms with Crippen molar-refractivity contribution in [3.05, 3.63) is 28.2 Å². The lowest BCUT2D eigenvalue weighted by molar-refractivity contribution is -0.129. The van der Waals surface area contributed by atoms with Crippen LogP contribution in [0.2, 0.25) is 0 Å². The Balaban J connectivity index is 1.79. The fraction of sp³-hybridized carbons (Fsp3) is 0.500. The molecule has 0 aliphatic carbocycles. The Morgan fingerprint density at radius 3 is 2.73 bits per heavy atom. The number of amides is 3. The van der Waals surface area contributed by atoms with Crippen LogP contribution in [0.25, 0.3) is 0 Å². The molecule has 7 nitrogen and oxygen atoms in total. The van der Waals surface area contributed by atoms with Gasteiger partial charge in [-0.05, 0) is 57.0 Å². The van der Waals surface area contributed by atoms with Gasteiger partial charge in [0, 0.05) is 16.7 Å². The second-order valence-electron chi connectivity index (χ2n) is 6.59. The summed E-state index contributed by atoms with van der Waals surface area (Å²) in [5.74, 6) is -0.595. The van der Waals surface area contributed by atoms with Crippen molar-refractivity contribution in [1.82, 2.24) is 15.5 Å². The molecule has 3 amide bonds. The number of halogens is 1. The minimum absolute atomic E-state index is 0.0521. The molecule has 1 aliphatic rings. The number of anilines is 1. The highest BCUT2D eigenvalue weighted by atomic mass is 79.9. The Kier molecular flexibility index (Phi) is 7.59. The van der Waals surface area contributed by atoms with Gasteiger partial charge >= 0.3 is 0 Å².